The van der Waals surface area contributed by atoms with Gasteiger partial charge in [0, 0.05) is 12.4 Å². The molecule has 0 unspecified atom stereocenters. The van der Waals surface area contributed by atoms with Crippen LogP contribution in [0, 0.1) is 22.7 Å². The zero-order valence-electron chi connectivity index (χ0n) is 7.62. The van der Waals surface area contributed by atoms with Crippen LogP contribution in [0.15, 0.2) is 30.7 Å². The van der Waals surface area contributed by atoms with Gasteiger partial charge in [-0.15, -0.1) is 0 Å². The smallest absolute Gasteiger partial charge is 0.217 e. The number of imidazole rings is 1. The molecule has 2 rings (SSSR count). The zero-order chi connectivity index (χ0) is 10.7. The SMILES string of the molecule is N#Cc1ccc(-n2ccnc2C#N)cn1. The van der Waals surface area contributed by atoms with Gasteiger partial charge in [-0.1, -0.05) is 0 Å². The van der Waals surface area contributed by atoms with Crippen molar-refractivity contribution in [3.8, 4) is 17.8 Å². The second-order valence-corrected chi connectivity index (χ2v) is 2.75. The molecule has 2 heterocycles. The number of rotatable bonds is 1. The predicted octanol–water partition coefficient (Wildman–Crippen LogP) is 1.01. The monoisotopic (exact) mass is 195 g/mol. The van der Waals surface area contributed by atoms with Crippen molar-refractivity contribution in [2.24, 2.45) is 0 Å². The quantitative estimate of drug-likeness (QED) is 0.680. The standard InChI is InChI=1S/C10H5N5/c11-5-8-1-2-9(7-14-8)15-4-3-13-10(15)6-12/h1-4,7H. The van der Waals surface area contributed by atoms with E-state index < -0.39 is 0 Å². The van der Waals surface area contributed by atoms with Crippen molar-refractivity contribution in [3.05, 3.63) is 42.2 Å². The van der Waals surface area contributed by atoms with E-state index in [-0.39, 0.29) is 0 Å². The summed E-state index contributed by atoms with van der Waals surface area (Å²) in [6.45, 7) is 0. The maximum absolute atomic E-state index is 8.76. The van der Waals surface area contributed by atoms with Crippen LogP contribution in [0.4, 0.5) is 0 Å². The van der Waals surface area contributed by atoms with Crippen LogP contribution in [0.5, 0.6) is 0 Å². The van der Waals surface area contributed by atoms with Crippen LogP contribution in [0.1, 0.15) is 11.5 Å². The number of nitriles is 2. The van der Waals surface area contributed by atoms with Crippen molar-refractivity contribution in [2.75, 3.05) is 0 Å². The molecule has 70 valence electrons. The van der Waals surface area contributed by atoms with Gasteiger partial charge < -0.3 is 0 Å². The Hall–Kier alpha value is -2.66. The van der Waals surface area contributed by atoms with E-state index in [0.29, 0.717) is 17.2 Å². The Balaban J connectivity index is 2.48. The van der Waals surface area contributed by atoms with Gasteiger partial charge in [0.25, 0.3) is 0 Å². The second kappa shape index (κ2) is 3.60. The van der Waals surface area contributed by atoms with Gasteiger partial charge in [-0.05, 0) is 12.1 Å². The molecule has 0 saturated heterocycles. The molecular formula is C10H5N5. The third kappa shape index (κ3) is 1.54. The molecule has 0 aliphatic heterocycles. The van der Waals surface area contributed by atoms with Gasteiger partial charge in [-0.3, -0.25) is 4.57 Å². The van der Waals surface area contributed by atoms with Gasteiger partial charge in [-0.25, -0.2) is 9.97 Å². The van der Waals surface area contributed by atoms with Crippen LogP contribution >= 0.6 is 0 Å². The number of aromatic nitrogens is 3. The summed E-state index contributed by atoms with van der Waals surface area (Å²) in [4.78, 5) is 7.77. The molecule has 2 aromatic rings. The van der Waals surface area contributed by atoms with E-state index in [1.165, 1.54) is 12.4 Å². The first-order valence-corrected chi connectivity index (χ1v) is 4.15. The molecule has 15 heavy (non-hydrogen) atoms. The molecule has 5 nitrogen and oxygen atoms in total. The lowest BCUT2D eigenvalue weighted by Crippen LogP contribution is -1.97. The van der Waals surface area contributed by atoms with Crippen molar-refractivity contribution in [3.63, 3.8) is 0 Å². The van der Waals surface area contributed by atoms with Crippen molar-refractivity contribution in [2.45, 2.75) is 0 Å². The highest BCUT2D eigenvalue weighted by Crippen LogP contribution is 2.08. The summed E-state index contributed by atoms with van der Waals surface area (Å²) in [6, 6.07) is 7.20. The highest BCUT2D eigenvalue weighted by molar-refractivity contribution is 5.36. The van der Waals surface area contributed by atoms with E-state index >= 15 is 0 Å². The Labute approximate surface area is 85.9 Å². The fourth-order valence-corrected chi connectivity index (χ4v) is 1.19. The predicted molar refractivity (Wildman–Crippen MR) is 50.8 cm³/mol. The molecule has 0 amide bonds. The van der Waals surface area contributed by atoms with Crippen LogP contribution in [-0.2, 0) is 0 Å². The van der Waals surface area contributed by atoms with Crippen LogP contribution in [0.25, 0.3) is 5.69 Å². The summed E-state index contributed by atoms with van der Waals surface area (Å²) >= 11 is 0. The van der Waals surface area contributed by atoms with Gasteiger partial charge in [-0.2, -0.15) is 10.5 Å². The van der Waals surface area contributed by atoms with E-state index in [0.717, 1.165) is 0 Å². The summed E-state index contributed by atoms with van der Waals surface area (Å²) < 4.78 is 1.61. The Morgan fingerprint density at radius 3 is 2.60 bits per heavy atom. The zero-order valence-corrected chi connectivity index (χ0v) is 7.62. The first-order valence-electron chi connectivity index (χ1n) is 4.15. The minimum Gasteiger partial charge on any atom is -0.290 e. The second-order valence-electron chi connectivity index (χ2n) is 2.75. The number of hydrogen-bond donors (Lipinski definition) is 0. The molecule has 0 aliphatic rings. The average Bonchev–Trinajstić information content (AvgIpc) is 2.77. The fourth-order valence-electron chi connectivity index (χ4n) is 1.19. The largest absolute Gasteiger partial charge is 0.290 e. The van der Waals surface area contributed by atoms with E-state index in [2.05, 4.69) is 9.97 Å². The molecule has 0 atom stereocenters. The Morgan fingerprint density at radius 2 is 2.00 bits per heavy atom. The van der Waals surface area contributed by atoms with Crippen molar-refractivity contribution in [1.29, 1.82) is 10.5 Å². The lowest BCUT2D eigenvalue weighted by molar-refractivity contribution is 1.00. The number of nitrogens with zero attached hydrogens (tertiary/aromatic N) is 5. The molecule has 0 radical (unpaired) electrons. The lowest BCUT2D eigenvalue weighted by Gasteiger charge is -2.01. The Morgan fingerprint density at radius 1 is 1.13 bits per heavy atom. The molecule has 0 bridgehead atoms. The summed E-state index contributed by atoms with van der Waals surface area (Å²) in [5.41, 5.74) is 1.06. The molecule has 0 fully saturated rings. The Kier molecular flexibility index (Phi) is 2.14. The summed E-state index contributed by atoms with van der Waals surface area (Å²) in [5, 5.41) is 17.3. The topological polar surface area (TPSA) is 78.3 Å². The Bertz CT molecular complexity index is 553. The van der Waals surface area contributed by atoms with Crippen LogP contribution < -0.4 is 0 Å². The van der Waals surface area contributed by atoms with Crippen molar-refractivity contribution < 1.29 is 0 Å². The van der Waals surface area contributed by atoms with Crippen LogP contribution in [0.3, 0.4) is 0 Å². The molecular weight excluding hydrogens is 190 g/mol. The van der Waals surface area contributed by atoms with Crippen LogP contribution in [0.2, 0.25) is 0 Å². The summed E-state index contributed by atoms with van der Waals surface area (Å²) in [7, 11) is 0. The third-order valence-electron chi connectivity index (χ3n) is 1.88. The lowest BCUT2D eigenvalue weighted by atomic mass is 10.3. The molecule has 0 aliphatic carbocycles. The first kappa shape index (κ1) is 8.92. The molecule has 0 N–H and O–H groups in total. The van der Waals surface area contributed by atoms with E-state index in [4.69, 9.17) is 10.5 Å². The molecule has 2 aromatic heterocycles. The van der Waals surface area contributed by atoms with Crippen molar-refractivity contribution in [1.82, 2.24) is 14.5 Å². The minimum absolute atomic E-state index is 0.293. The summed E-state index contributed by atoms with van der Waals surface area (Å²) in [5.74, 6) is 0.293. The molecule has 0 aromatic carbocycles. The van der Waals surface area contributed by atoms with Gasteiger partial charge in [0.15, 0.2) is 0 Å². The molecule has 0 saturated carbocycles. The van der Waals surface area contributed by atoms with Gasteiger partial charge in [0.2, 0.25) is 5.82 Å². The van der Waals surface area contributed by atoms with Crippen LogP contribution in [-0.4, -0.2) is 14.5 Å². The van der Waals surface area contributed by atoms with Gasteiger partial charge in [0.1, 0.15) is 17.8 Å². The van der Waals surface area contributed by atoms with Crippen molar-refractivity contribution >= 4 is 0 Å². The number of hydrogen-bond acceptors (Lipinski definition) is 4. The van der Waals surface area contributed by atoms with Gasteiger partial charge >= 0.3 is 0 Å². The normalized spacial score (nSPS) is 9.20. The maximum atomic E-state index is 8.76. The minimum atomic E-state index is 0.293. The summed E-state index contributed by atoms with van der Waals surface area (Å²) in [6.07, 6.45) is 4.74. The highest BCUT2D eigenvalue weighted by atomic mass is 15.1. The molecule has 5 heteroatoms. The molecule has 0 spiro atoms. The maximum Gasteiger partial charge on any atom is 0.217 e. The van der Waals surface area contributed by atoms with E-state index in [9.17, 15) is 0 Å². The van der Waals surface area contributed by atoms with E-state index in [1.54, 1.807) is 22.9 Å². The first-order chi connectivity index (χ1) is 7.35. The van der Waals surface area contributed by atoms with Gasteiger partial charge in [0.05, 0.1) is 11.9 Å². The number of pyridine rings is 1. The average molecular weight is 195 g/mol. The van der Waals surface area contributed by atoms with E-state index in [1.807, 2.05) is 12.1 Å². The third-order valence-corrected chi connectivity index (χ3v) is 1.88. The fraction of sp³-hybridized carbons (Fsp3) is 0. The highest BCUT2D eigenvalue weighted by Gasteiger charge is 2.03.